The van der Waals surface area contributed by atoms with Gasteiger partial charge in [-0.3, -0.25) is 9.59 Å². The number of anilines is 1. The third-order valence-electron chi connectivity index (χ3n) is 3.13. The maximum atomic E-state index is 12.1. The van der Waals surface area contributed by atoms with Crippen molar-refractivity contribution in [3.63, 3.8) is 0 Å². The molecule has 1 aromatic rings. The topological polar surface area (TPSA) is 105 Å². The Morgan fingerprint density at radius 1 is 1.38 bits per heavy atom. The molecule has 2 amide bonds. The normalized spacial score (nSPS) is 17.7. The summed E-state index contributed by atoms with van der Waals surface area (Å²) in [4.78, 5) is 33.7. The number of para-hydroxylation sites is 2. The number of rotatable bonds is 5. The Balaban J connectivity index is 2.00. The number of hydrogen-bond acceptors (Lipinski definition) is 4. The van der Waals surface area contributed by atoms with E-state index >= 15 is 0 Å². The van der Waals surface area contributed by atoms with Gasteiger partial charge in [0.15, 0.2) is 6.61 Å². The van der Waals surface area contributed by atoms with Crippen molar-refractivity contribution < 1.29 is 24.2 Å². The van der Waals surface area contributed by atoms with Gasteiger partial charge in [-0.15, -0.1) is 0 Å². The van der Waals surface area contributed by atoms with Crippen LogP contribution in [0.15, 0.2) is 24.3 Å². The van der Waals surface area contributed by atoms with Gasteiger partial charge >= 0.3 is 5.97 Å². The third-order valence-corrected chi connectivity index (χ3v) is 3.13. The summed E-state index contributed by atoms with van der Waals surface area (Å²) in [5.41, 5.74) is 0.417. The van der Waals surface area contributed by atoms with Crippen molar-refractivity contribution in [1.29, 1.82) is 0 Å². The number of carbonyl (C=O) groups is 3. The smallest absolute Gasteiger partial charge is 0.341 e. The molecule has 3 N–H and O–H groups in total. The van der Waals surface area contributed by atoms with Gasteiger partial charge in [-0.1, -0.05) is 12.1 Å². The van der Waals surface area contributed by atoms with E-state index in [1.807, 2.05) is 0 Å². The first-order valence-electron chi connectivity index (χ1n) is 6.57. The molecule has 0 bridgehead atoms. The second kappa shape index (κ2) is 6.74. The highest BCUT2D eigenvalue weighted by atomic mass is 16.5. The minimum Gasteiger partial charge on any atom is -0.480 e. The molecule has 1 aliphatic rings. The Hall–Kier alpha value is -2.57. The van der Waals surface area contributed by atoms with Crippen LogP contribution in [-0.2, 0) is 14.4 Å². The molecule has 1 unspecified atom stereocenters. The predicted octanol–water partition coefficient (Wildman–Crippen LogP) is 0.615. The van der Waals surface area contributed by atoms with Crippen LogP contribution in [0.25, 0.3) is 0 Å². The fourth-order valence-corrected chi connectivity index (χ4v) is 2.03. The highest BCUT2D eigenvalue weighted by Crippen LogP contribution is 2.25. The van der Waals surface area contributed by atoms with E-state index < -0.39 is 12.6 Å². The summed E-state index contributed by atoms with van der Waals surface area (Å²) in [6.45, 7) is -0.171. The van der Waals surface area contributed by atoms with Crippen LogP contribution < -0.4 is 15.4 Å². The van der Waals surface area contributed by atoms with Crippen LogP contribution >= 0.6 is 0 Å². The van der Waals surface area contributed by atoms with Crippen molar-refractivity contribution in [3.05, 3.63) is 24.3 Å². The standard InChI is InChI=1S/C14H16N2O5/c17-12-6-5-9(7-15-12)14(20)16-10-3-1-2-4-11(10)21-8-13(18)19/h1-4,9H,5-8H2,(H,15,17)(H,16,20)(H,18,19). The summed E-state index contributed by atoms with van der Waals surface area (Å²) >= 11 is 0. The summed E-state index contributed by atoms with van der Waals surface area (Å²) in [5, 5.41) is 14.0. The van der Waals surface area contributed by atoms with Gasteiger partial charge in [0.25, 0.3) is 0 Å². The highest BCUT2D eigenvalue weighted by molar-refractivity contribution is 5.95. The average molecular weight is 292 g/mol. The SMILES string of the molecule is O=C(O)COc1ccccc1NC(=O)C1CCC(=O)NC1. The number of piperidine rings is 1. The quantitative estimate of drug-likeness (QED) is 0.737. The third kappa shape index (κ3) is 4.20. The molecule has 112 valence electrons. The molecule has 0 spiro atoms. The van der Waals surface area contributed by atoms with E-state index in [0.29, 0.717) is 30.8 Å². The first-order valence-corrected chi connectivity index (χ1v) is 6.57. The lowest BCUT2D eigenvalue weighted by atomic mass is 9.98. The molecule has 0 saturated carbocycles. The van der Waals surface area contributed by atoms with Crippen molar-refractivity contribution in [2.24, 2.45) is 5.92 Å². The fourth-order valence-electron chi connectivity index (χ4n) is 2.03. The number of carbonyl (C=O) groups excluding carboxylic acids is 2. The number of carboxylic acids is 1. The summed E-state index contributed by atoms with van der Waals surface area (Å²) in [7, 11) is 0. The van der Waals surface area contributed by atoms with Gasteiger partial charge < -0.3 is 20.5 Å². The van der Waals surface area contributed by atoms with Crippen LogP contribution in [-0.4, -0.2) is 36.0 Å². The van der Waals surface area contributed by atoms with E-state index in [4.69, 9.17) is 9.84 Å². The molecule has 1 aliphatic heterocycles. The Morgan fingerprint density at radius 3 is 2.81 bits per heavy atom. The van der Waals surface area contributed by atoms with E-state index in [1.165, 1.54) is 0 Å². The molecule has 1 saturated heterocycles. The molecule has 7 nitrogen and oxygen atoms in total. The molecule has 7 heteroatoms. The first-order chi connectivity index (χ1) is 10.1. The number of benzene rings is 1. The second-order valence-electron chi connectivity index (χ2n) is 4.71. The summed E-state index contributed by atoms with van der Waals surface area (Å²) < 4.78 is 5.12. The Morgan fingerprint density at radius 2 is 2.14 bits per heavy atom. The molecule has 21 heavy (non-hydrogen) atoms. The van der Waals surface area contributed by atoms with Gasteiger partial charge in [-0.2, -0.15) is 0 Å². The minimum absolute atomic E-state index is 0.0516. The predicted molar refractivity (Wildman–Crippen MR) is 73.9 cm³/mol. The molecular weight excluding hydrogens is 276 g/mol. The molecule has 0 aliphatic carbocycles. The van der Waals surface area contributed by atoms with Crippen molar-refractivity contribution in [2.45, 2.75) is 12.8 Å². The number of ether oxygens (including phenoxy) is 1. The lowest BCUT2D eigenvalue weighted by Gasteiger charge is -2.22. The molecule has 1 heterocycles. The number of amides is 2. The van der Waals surface area contributed by atoms with E-state index in [2.05, 4.69) is 10.6 Å². The molecule has 2 rings (SSSR count). The van der Waals surface area contributed by atoms with Gasteiger partial charge in [-0.25, -0.2) is 4.79 Å². The largest absolute Gasteiger partial charge is 0.480 e. The second-order valence-corrected chi connectivity index (χ2v) is 4.71. The van der Waals surface area contributed by atoms with Crippen LogP contribution in [0, 0.1) is 5.92 Å². The van der Waals surface area contributed by atoms with E-state index in [9.17, 15) is 14.4 Å². The summed E-state index contributed by atoms with van der Waals surface area (Å²) in [6.07, 6.45) is 0.824. The van der Waals surface area contributed by atoms with Crippen LogP contribution in [0.3, 0.4) is 0 Å². The molecule has 1 atom stereocenters. The van der Waals surface area contributed by atoms with Crippen molar-refractivity contribution in [1.82, 2.24) is 5.32 Å². The van der Waals surface area contributed by atoms with Gasteiger partial charge in [-0.05, 0) is 18.6 Å². The lowest BCUT2D eigenvalue weighted by molar-refractivity contribution is -0.139. The van der Waals surface area contributed by atoms with Crippen molar-refractivity contribution >= 4 is 23.5 Å². The van der Waals surface area contributed by atoms with E-state index in [-0.39, 0.29) is 17.7 Å². The average Bonchev–Trinajstić information content (AvgIpc) is 2.47. The number of nitrogens with one attached hydrogen (secondary N) is 2. The van der Waals surface area contributed by atoms with Gasteiger partial charge in [0.1, 0.15) is 5.75 Å². The zero-order valence-electron chi connectivity index (χ0n) is 11.3. The summed E-state index contributed by atoms with van der Waals surface area (Å²) in [5.74, 6) is -1.36. The zero-order chi connectivity index (χ0) is 15.2. The number of hydrogen-bond donors (Lipinski definition) is 3. The molecule has 0 aromatic heterocycles. The van der Waals surface area contributed by atoms with Crippen LogP contribution in [0.5, 0.6) is 5.75 Å². The Labute approximate surface area is 121 Å². The molecule has 1 aromatic carbocycles. The van der Waals surface area contributed by atoms with Crippen LogP contribution in [0.2, 0.25) is 0 Å². The maximum absolute atomic E-state index is 12.1. The zero-order valence-corrected chi connectivity index (χ0v) is 11.3. The molecule has 0 radical (unpaired) electrons. The summed E-state index contributed by atoms with van der Waals surface area (Å²) in [6, 6.07) is 6.62. The van der Waals surface area contributed by atoms with Gasteiger partial charge in [0, 0.05) is 13.0 Å². The van der Waals surface area contributed by atoms with Crippen molar-refractivity contribution in [2.75, 3.05) is 18.5 Å². The van der Waals surface area contributed by atoms with E-state index in [0.717, 1.165) is 0 Å². The van der Waals surface area contributed by atoms with Gasteiger partial charge in [0.05, 0.1) is 11.6 Å². The Kier molecular flexibility index (Phi) is 4.76. The fraction of sp³-hybridized carbons (Fsp3) is 0.357. The Bertz CT molecular complexity index is 548. The van der Waals surface area contributed by atoms with E-state index in [1.54, 1.807) is 24.3 Å². The monoisotopic (exact) mass is 292 g/mol. The molecule has 1 fully saturated rings. The van der Waals surface area contributed by atoms with Gasteiger partial charge in [0.2, 0.25) is 11.8 Å². The first kappa shape index (κ1) is 14.8. The maximum Gasteiger partial charge on any atom is 0.341 e. The van der Waals surface area contributed by atoms with Crippen LogP contribution in [0.4, 0.5) is 5.69 Å². The number of aliphatic carboxylic acids is 1. The van der Waals surface area contributed by atoms with Crippen molar-refractivity contribution in [3.8, 4) is 5.75 Å². The number of carboxylic acid groups (broad SMARTS) is 1. The molecular formula is C14H16N2O5. The highest BCUT2D eigenvalue weighted by Gasteiger charge is 2.25. The lowest BCUT2D eigenvalue weighted by Crippen LogP contribution is -2.40. The van der Waals surface area contributed by atoms with Crippen LogP contribution in [0.1, 0.15) is 12.8 Å². The minimum atomic E-state index is -1.09.